The highest BCUT2D eigenvalue weighted by atomic mass is 16.5. The van der Waals surface area contributed by atoms with Crippen molar-refractivity contribution < 1.29 is 19.0 Å². The predicted molar refractivity (Wildman–Crippen MR) is 110 cm³/mol. The number of para-hydroxylation sites is 1. The summed E-state index contributed by atoms with van der Waals surface area (Å²) in [4.78, 5) is 19.3. The van der Waals surface area contributed by atoms with Gasteiger partial charge in [0.05, 0.1) is 37.9 Å². The third-order valence-electron chi connectivity index (χ3n) is 6.88. The first-order chi connectivity index (χ1) is 14.3. The van der Waals surface area contributed by atoms with E-state index in [1.54, 1.807) is 0 Å². The molecule has 6 nitrogen and oxygen atoms in total. The van der Waals surface area contributed by atoms with Crippen LogP contribution in [0.5, 0.6) is 5.75 Å². The minimum Gasteiger partial charge on any atom is -0.492 e. The maximum Gasteiger partial charge on any atom is 0.253 e. The normalized spacial score (nSPS) is 32.3. The van der Waals surface area contributed by atoms with Crippen LogP contribution in [0.15, 0.2) is 29.3 Å². The number of carbonyl (C=O) groups excluding carboxylic acids is 1. The van der Waals surface area contributed by atoms with E-state index in [0.717, 1.165) is 56.7 Å². The number of hydrogen-bond donors (Lipinski definition) is 0. The minimum atomic E-state index is -0.0534. The smallest absolute Gasteiger partial charge is 0.253 e. The van der Waals surface area contributed by atoms with Crippen LogP contribution in [0.1, 0.15) is 43.6 Å². The molecule has 2 bridgehead atoms. The second-order valence-electron chi connectivity index (χ2n) is 8.67. The minimum absolute atomic E-state index is 0.0262. The Hall–Kier alpha value is -1.76. The van der Waals surface area contributed by atoms with Crippen LogP contribution in [0.2, 0.25) is 0 Å². The van der Waals surface area contributed by atoms with Gasteiger partial charge in [-0.25, -0.2) is 4.99 Å². The highest BCUT2D eigenvalue weighted by Gasteiger charge is 2.35. The van der Waals surface area contributed by atoms with Crippen molar-refractivity contribution in [3.63, 3.8) is 0 Å². The van der Waals surface area contributed by atoms with Crippen molar-refractivity contribution in [3.05, 3.63) is 29.8 Å². The van der Waals surface area contributed by atoms with Crippen LogP contribution in [0.4, 0.5) is 0 Å². The first-order valence-electron chi connectivity index (χ1n) is 11.0. The van der Waals surface area contributed by atoms with Crippen LogP contribution >= 0.6 is 0 Å². The van der Waals surface area contributed by atoms with Gasteiger partial charge in [-0.2, -0.15) is 0 Å². The molecule has 0 N–H and O–H groups in total. The number of nitrogens with zero attached hydrogens (tertiary/aromatic N) is 2. The van der Waals surface area contributed by atoms with Crippen molar-refractivity contribution in [1.82, 2.24) is 4.90 Å². The van der Waals surface area contributed by atoms with E-state index in [9.17, 15) is 4.79 Å². The zero-order chi connectivity index (χ0) is 19.6. The quantitative estimate of drug-likeness (QED) is 0.728. The summed E-state index contributed by atoms with van der Waals surface area (Å²) in [7, 11) is 0. The van der Waals surface area contributed by atoms with Gasteiger partial charge in [0, 0.05) is 25.2 Å². The zero-order valence-corrected chi connectivity index (χ0v) is 16.9. The van der Waals surface area contributed by atoms with E-state index in [1.165, 1.54) is 5.56 Å². The Labute approximate surface area is 172 Å². The zero-order valence-electron chi connectivity index (χ0n) is 16.9. The van der Waals surface area contributed by atoms with Crippen LogP contribution in [0.3, 0.4) is 0 Å². The summed E-state index contributed by atoms with van der Waals surface area (Å²) in [6.07, 6.45) is 5.57. The van der Waals surface area contributed by atoms with E-state index >= 15 is 0 Å². The number of ether oxygens (including phenoxy) is 3. The lowest BCUT2D eigenvalue weighted by molar-refractivity contribution is -0.135. The molecule has 6 rings (SSSR count). The summed E-state index contributed by atoms with van der Waals surface area (Å²) in [6.45, 7) is 4.00. The third kappa shape index (κ3) is 4.11. The van der Waals surface area contributed by atoms with Gasteiger partial charge in [0.25, 0.3) is 5.91 Å². The summed E-state index contributed by atoms with van der Waals surface area (Å²) in [5.74, 6) is 1.51. The molecule has 6 heteroatoms. The topological polar surface area (TPSA) is 60.4 Å². The van der Waals surface area contributed by atoms with Gasteiger partial charge >= 0.3 is 0 Å². The molecule has 1 atom stereocenters. The maximum atomic E-state index is 12.4. The van der Waals surface area contributed by atoms with Gasteiger partial charge in [-0.1, -0.05) is 18.2 Å². The Morgan fingerprint density at radius 3 is 2.66 bits per heavy atom. The molecule has 0 aromatic heterocycles. The van der Waals surface area contributed by atoms with E-state index in [2.05, 4.69) is 34.2 Å². The number of fused-ring (bicyclic) bond motifs is 5. The van der Waals surface area contributed by atoms with Gasteiger partial charge in [-0.05, 0) is 43.2 Å². The molecule has 3 fully saturated rings. The summed E-state index contributed by atoms with van der Waals surface area (Å²) in [5.41, 5.74) is 2.32. The van der Waals surface area contributed by atoms with Gasteiger partial charge in [-0.3, -0.25) is 9.69 Å². The van der Waals surface area contributed by atoms with Crippen molar-refractivity contribution in [2.45, 2.75) is 50.2 Å². The maximum absolute atomic E-state index is 12.4. The first-order valence-corrected chi connectivity index (χ1v) is 11.0. The van der Waals surface area contributed by atoms with Crippen LogP contribution in [-0.4, -0.2) is 68.2 Å². The Morgan fingerprint density at radius 2 is 1.86 bits per heavy atom. The van der Waals surface area contributed by atoms with Gasteiger partial charge in [0.2, 0.25) is 0 Å². The molecule has 1 amide bonds. The summed E-state index contributed by atoms with van der Waals surface area (Å²) < 4.78 is 17.7. The number of amides is 1. The Balaban J connectivity index is 1.35. The molecule has 1 aliphatic carbocycles. The summed E-state index contributed by atoms with van der Waals surface area (Å²) in [5, 5.41) is 0. The molecule has 1 aromatic rings. The van der Waals surface area contributed by atoms with Crippen molar-refractivity contribution in [2.24, 2.45) is 10.9 Å². The number of benzene rings is 1. The lowest BCUT2D eigenvalue weighted by Gasteiger charge is -2.31. The molecule has 1 unspecified atom stereocenters. The van der Waals surface area contributed by atoms with Gasteiger partial charge < -0.3 is 14.2 Å². The molecule has 4 heterocycles. The standard InChI is InChI=1S/C23H30N2O4/c26-23(17-13-27-14-17)24-20-9-10-25-11-12-28-22-4-2-1-3-19(22)16-5-7-18(8-6-16)29-15-21(20)25/h1-4,16-18,21H,5-15H2. The Morgan fingerprint density at radius 1 is 1.03 bits per heavy atom. The van der Waals surface area contributed by atoms with Crippen molar-refractivity contribution in [2.75, 3.05) is 39.5 Å². The molecule has 5 aliphatic rings. The molecule has 1 aromatic carbocycles. The molecular weight excluding hydrogens is 368 g/mol. The highest BCUT2D eigenvalue weighted by Crippen LogP contribution is 2.38. The fourth-order valence-corrected chi connectivity index (χ4v) is 4.99. The van der Waals surface area contributed by atoms with Crippen LogP contribution < -0.4 is 4.74 Å². The second kappa shape index (κ2) is 8.54. The number of carbonyl (C=O) groups is 1. The molecule has 1 saturated carbocycles. The Kier molecular flexibility index (Phi) is 5.66. The van der Waals surface area contributed by atoms with Gasteiger partial charge in [0.15, 0.2) is 0 Å². The molecular formula is C23H30N2O4. The van der Waals surface area contributed by atoms with E-state index in [0.29, 0.717) is 38.4 Å². The third-order valence-corrected chi connectivity index (χ3v) is 6.88. The lowest BCUT2D eigenvalue weighted by Crippen LogP contribution is -2.41. The molecule has 156 valence electrons. The number of hydrogen-bond acceptors (Lipinski definition) is 5. The van der Waals surface area contributed by atoms with Gasteiger partial charge in [-0.15, -0.1) is 0 Å². The molecule has 2 saturated heterocycles. The van der Waals surface area contributed by atoms with Crippen LogP contribution in [0.25, 0.3) is 0 Å². The average Bonchev–Trinajstić information content (AvgIpc) is 3.07. The Bertz CT molecular complexity index is 768. The van der Waals surface area contributed by atoms with E-state index in [-0.39, 0.29) is 17.9 Å². The van der Waals surface area contributed by atoms with Crippen molar-refractivity contribution >= 4 is 11.6 Å². The second-order valence-corrected chi connectivity index (χ2v) is 8.67. The highest BCUT2D eigenvalue weighted by molar-refractivity contribution is 6.01. The molecule has 29 heavy (non-hydrogen) atoms. The molecule has 0 spiro atoms. The van der Waals surface area contributed by atoms with E-state index in [4.69, 9.17) is 14.2 Å². The summed E-state index contributed by atoms with van der Waals surface area (Å²) >= 11 is 0. The van der Waals surface area contributed by atoms with Crippen molar-refractivity contribution in [1.29, 1.82) is 0 Å². The largest absolute Gasteiger partial charge is 0.492 e. The monoisotopic (exact) mass is 398 g/mol. The van der Waals surface area contributed by atoms with Crippen LogP contribution in [0, 0.1) is 5.92 Å². The first kappa shape index (κ1) is 19.2. The lowest BCUT2D eigenvalue weighted by atomic mass is 9.82. The molecule has 0 radical (unpaired) electrons. The van der Waals surface area contributed by atoms with E-state index < -0.39 is 0 Å². The SMILES string of the molecule is O=C(N=C1CCN2CCOc3ccccc3C3CCC(CC3)OCC12)C1COC1. The van der Waals surface area contributed by atoms with E-state index in [1.807, 2.05) is 0 Å². The fourth-order valence-electron chi connectivity index (χ4n) is 4.99. The van der Waals surface area contributed by atoms with Crippen LogP contribution in [-0.2, 0) is 14.3 Å². The molecule has 4 aliphatic heterocycles. The number of aliphatic imine (C=N–C) groups is 1. The average molecular weight is 399 g/mol. The predicted octanol–water partition coefficient (Wildman–Crippen LogP) is 2.81. The van der Waals surface area contributed by atoms with Gasteiger partial charge in [0.1, 0.15) is 12.4 Å². The fraction of sp³-hybridized carbons (Fsp3) is 0.652. The summed E-state index contributed by atoms with van der Waals surface area (Å²) in [6, 6.07) is 8.58. The number of rotatable bonds is 1. The van der Waals surface area contributed by atoms with Crippen molar-refractivity contribution in [3.8, 4) is 5.75 Å².